The van der Waals surface area contributed by atoms with E-state index in [0.29, 0.717) is 23.3 Å². The summed E-state index contributed by atoms with van der Waals surface area (Å²) in [7, 11) is -3.78. The first-order valence-corrected chi connectivity index (χ1v) is 9.73. The number of aromatic nitrogens is 2. The van der Waals surface area contributed by atoms with Crippen LogP contribution in [0.1, 0.15) is 17.3 Å². The summed E-state index contributed by atoms with van der Waals surface area (Å²) >= 11 is 0. The van der Waals surface area contributed by atoms with Crippen LogP contribution in [0.4, 0.5) is 10.1 Å². The largest absolute Gasteiger partial charge is 1.00 e. The molecule has 3 rings (SSSR count). The SMILES string of the molecule is CCn1c(P(C)(=O)[O-])nc2cc(NC(=O)c3ccccc3F)ccc21.[K+]. The summed E-state index contributed by atoms with van der Waals surface area (Å²) in [5.74, 6) is -1.20. The average Bonchev–Trinajstić information content (AvgIpc) is 2.93. The number of carbonyl (C=O) groups is 1. The van der Waals surface area contributed by atoms with Gasteiger partial charge in [0.2, 0.25) is 0 Å². The number of hydrogen-bond donors (Lipinski definition) is 1. The van der Waals surface area contributed by atoms with Gasteiger partial charge >= 0.3 is 51.4 Å². The number of benzene rings is 2. The smallest absolute Gasteiger partial charge is 0.794 e. The molecule has 0 spiro atoms. The number of nitrogens with zero attached hydrogens (tertiary/aromatic N) is 2. The van der Waals surface area contributed by atoms with Crippen LogP contribution in [0.5, 0.6) is 0 Å². The van der Waals surface area contributed by atoms with Crippen molar-refractivity contribution >= 4 is 35.6 Å². The number of imidazole rings is 1. The summed E-state index contributed by atoms with van der Waals surface area (Å²) in [5, 5.41) is 2.60. The minimum Gasteiger partial charge on any atom is -0.794 e. The van der Waals surface area contributed by atoms with Crippen molar-refractivity contribution in [2.75, 3.05) is 12.0 Å². The van der Waals surface area contributed by atoms with E-state index in [1.807, 2.05) is 6.92 Å². The van der Waals surface area contributed by atoms with Gasteiger partial charge in [-0.15, -0.1) is 0 Å². The Hall–Kier alpha value is -0.864. The van der Waals surface area contributed by atoms with Gasteiger partial charge in [-0.2, -0.15) is 0 Å². The van der Waals surface area contributed by atoms with Crippen molar-refractivity contribution in [3.63, 3.8) is 0 Å². The van der Waals surface area contributed by atoms with Crippen molar-refractivity contribution in [2.24, 2.45) is 0 Å². The molecule has 1 unspecified atom stereocenters. The average molecular weight is 399 g/mol. The van der Waals surface area contributed by atoms with Crippen molar-refractivity contribution in [3.8, 4) is 0 Å². The minimum atomic E-state index is -3.78. The Balaban J connectivity index is 0.00000243. The molecule has 0 aliphatic heterocycles. The summed E-state index contributed by atoms with van der Waals surface area (Å²) in [5.41, 5.74) is 1.44. The van der Waals surface area contributed by atoms with Gasteiger partial charge in [-0.3, -0.25) is 4.79 Å². The fourth-order valence-corrected chi connectivity index (χ4v) is 3.64. The Morgan fingerprint density at radius 3 is 2.62 bits per heavy atom. The molecule has 3 aromatic rings. The molecule has 0 saturated heterocycles. The summed E-state index contributed by atoms with van der Waals surface area (Å²) in [6, 6.07) is 10.6. The maximum atomic E-state index is 13.7. The Labute approximate surface area is 192 Å². The Morgan fingerprint density at radius 1 is 1.31 bits per heavy atom. The normalized spacial score (nSPS) is 13.1. The first-order valence-electron chi connectivity index (χ1n) is 7.66. The van der Waals surface area contributed by atoms with E-state index in [2.05, 4.69) is 10.3 Å². The zero-order valence-corrected chi connectivity index (χ0v) is 18.7. The molecule has 0 radical (unpaired) electrons. The number of halogens is 1. The van der Waals surface area contributed by atoms with Crippen molar-refractivity contribution < 1.29 is 70.0 Å². The van der Waals surface area contributed by atoms with E-state index >= 15 is 0 Å². The second kappa shape index (κ2) is 8.44. The molecule has 0 aliphatic carbocycles. The van der Waals surface area contributed by atoms with Crippen LogP contribution in [0.2, 0.25) is 0 Å². The fourth-order valence-electron chi connectivity index (χ4n) is 2.66. The predicted molar refractivity (Wildman–Crippen MR) is 92.9 cm³/mol. The molecule has 0 saturated carbocycles. The number of nitrogens with one attached hydrogen (secondary N) is 1. The van der Waals surface area contributed by atoms with E-state index in [1.165, 1.54) is 18.2 Å². The van der Waals surface area contributed by atoms with Crippen LogP contribution in [0.15, 0.2) is 42.5 Å². The van der Waals surface area contributed by atoms with E-state index in [1.54, 1.807) is 28.8 Å². The summed E-state index contributed by atoms with van der Waals surface area (Å²) in [4.78, 5) is 28.3. The zero-order chi connectivity index (χ0) is 18.2. The van der Waals surface area contributed by atoms with E-state index in [0.717, 1.165) is 6.66 Å². The summed E-state index contributed by atoms with van der Waals surface area (Å²) < 4.78 is 27.2. The van der Waals surface area contributed by atoms with Gasteiger partial charge in [-0.05, 0) is 43.9 Å². The van der Waals surface area contributed by atoms with Crippen molar-refractivity contribution in [3.05, 3.63) is 53.8 Å². The van der Waals surface area contributed by atoms with Crippen LogP contribution in [0.3, 0.4) is 0 Å². The molecule has 6 nitrogen and oxygen atoms in total. The zero-order valence-electron chi connectivity index (χ0n) is 14.7. The molecular formula is C17H16FKN3O3P. The van der Waals surface area contributed by atoms with Gasteiger partial charge in [0.15, 0.2) is 5.57 Å². The molecule has 1 heterocycles. The molecule has 1 atom stereocenters. The van der Waals surface area contributed by atoms with Crippen molar-refractivity contribution in [1.82, 2.24) is 9.55 Å². The van der Waals surface area contributed by atoms with Gasteiger partial charge in [0.1, 0.15) is 5.82 Å². The maximum Gasteiger partial charge on any atom is 1.00 e. The second-order valence-electron chi connectivity index (χ2n) is 5.64. The topological polar surface area (TPSA) is 87.1 Å². The van der Waals surface area contributed by atoms with Crippen LogP contribution >= 0.6 is 7.37 Å². The third-order valence-corrected chi connectivity index (χ3v) is 4.85. The van der Waals surface area contributed by atoms with Crippen LogP contribution < -0.4 is 67.2 Å². The predicted octanol–water partition coefficient (Wildman–Crippen LogP) is -0.655. The Kier molecular flexibility index (Phi) is 6.95. The number of fused-ring (bicyclic) bond motifs is 1. The number of carbonyl (C=O) groups excluding carboxylic acids is 1. The maximum absolute atomic E-state index is 13.7. The standard InChI is InChI=1S/C17H17FN3O3P.K/c1-3-21-15-9-8-11(10-14(15)20-17(21)25(2,23)24)19-16(22)12-6-4-5-7-13(12)18;/h4-10H,3H2,1-2H3,(H,19,22)(H,23,24);/q;+1/p-1. The van der Waals surface area contributed by atoms with Gasteiger partial charge in [0.25, 0.3) is 5.91 Å². The monoisotopic (exact) mass is 399 g/mol. The summed E-state index contributed by atoms with van der Waals surface area (Å²) in [6.07, 6.45) is 0. The molecule has 2 aromatic carbocycles. The van der Waals surface area contributed by atoms with Gasteiger partial charge in [-0.25, -0.2) is 9.37 Å². The molecule has 0 bridgehead atoms. The number of amides is 1. The fraction of sp³-hybridized carbons (Fsp3) is 0.176. The summed E-state index contributed by atoms with van der Waals surface area (Å²) in [6.45, 7) is 3.40. The molecular weight excluding hydrogens is 383 g/mol. The second-order valence-corrected chi connectivity index (χ2v) is 7.73. The van der Waals surface area contributed by atoms with Gasteiger partial charge in [-0.1, -0.05) is 12.1 Å². The van der Waals surface area contributed by atoms with Crippen molar-refractivity contribution in [2.45, 2.75) is 13.5 Å². The quantitative estimate of drug-likeness (QED) is 0.466. The van der Waals surface area contributed by atoms with Gasteiger partial charge in [0.05, 0.1) is 24.0 Å². The first-order chi connectivity index (χ1) is 11.8. The van der Waals surface area contributed by atoms with Gasteiger partial charge in [0, 0.05) is 12.2 Å². The van der Waals surface area contributed by atoms with E-state index in [9.17, 15) is 18.6 Å². The third kappa shape index (κ3) is 4.34. The molecule has 0 aliphatic rings. The minimum absolute atomic E-state index is 0. The van der Waals surface area contributed by atoms with E-state index in [-0.39, 0.29) is 62.5 Å². The van der Waals surface area contributed by atoms with E-state index < -0.39 is 19.1 Å². The van der Waals surface area contributed by atoms with E-state index in [4.69, 9.17) is 0 Å². The third-order valence-electron chi connectivity index (χ3n) is 3.78. The number of rotatable bonds is 4. The van der Waals surface area contributed by atoms with Crippen LogP contribution in [-0.4, -0.2) is 22.1 Å². The number of aryl methyl sites for hydroxylation is 1. The molecule has 26 heavy (non-hydrogen) atoms. The molecule has 1 amide bonds. The Morgan fingerprint density at radius 2 is 2.00 bits per heavy atom. The molecule has 9 heteroatoms. The van der Waals surface area contributed by atoms with Crippen LogP contribution in [0.25, 0.3) is 11.0 Å². The van der Waals surface area contributed by atoms with Gasteiger partial charge < -0.3 is 19.3 Å². The number of anilines is 1. The van der Waals surface area contributed by atoms with Crippen LogP contribution in [0, 0.1) is 5.82 Å². The van der Waals surface area contributed by atoms with Crippen LogP contribution in [-0.2, 0) is 11.1 Å². The molecule has 1 aromatic heterocycles. The Bertz CT molecular complexity index is 1020. The molecule has 0 fully saturated rings. The number of hydrogen-bond acceptors (Lipinski definition) is 4. The first kappa shape index (κ1) is 21.4. The molecule has 130 valence electrons. The molecule has 1 N–H and O–H groups in total. The van der Waals surface area contributed by atoms with Crippen molar-refractivity contribution in [1.29, 1.82) is 0 Å².